The normalized spacial score (nSPS) is 11.5. The van der Waals surface area contributed by atoms with Crippen LogP contribution in [0.2, 0.25) is 5.02 Å². The lowest BCUT2D eigenvalue weighted by Crippen LogP contribution is -1.78. The van der Waals surface area contributed by atoms with Crippen molar-refractivity contribution in [3.63, 3.8) is 0 Å². The second-order valence-electron chi connectivity index (χ2n) is 3.31. The van der Waals surface area contributed by atoms with Crippen LogP contribution in [0.25, 0.3) is 6.08 Å². The zero-order valence-electron chi connectivity index (χ0n) is 7.72. The maximum Gasteiger partial charge on any atom is 0.0423 e. The zero-order valence-corrected chi connectivity index (χ0v) is 10.1. The first-order valence-electron chi connectivity index (χ1n) is 4.22. The minimum Gasteiger partial charge on any atom is -0.0843 e. The van der Waals surface area contributed by atoms with Crippen LogP contribution < -0.4 is 0 Å². The van der Waals surface area contributed by atoms with Crippen LogP contribution in [-0.2, 0) is 0 Å². The lowest BCUT2D eigenvalue weighted by molar-refractivity contribution is 0.836. The van der Waals surface area contributed by atoms with Gasteiger partial charge in [0.2, 0.25) is 0 Å². The third-order valence-electron chi connectivity index (χ3n) is 1.56. The predicted octanol–water partition coefficient (Wildman–Crippen LogP) is 4.77. The van der Waals surface area contributed by atoms with Gasteiger partial charge < -0.3 is 0 Å². The molecule has 0 N–H and O–H groups in total. The van der Waals surface area contributed by atoms with Crippen LogP contribution in [0.4, 0.5) is 0 Å². The van der Waals surface area contributed by atoms with Crippen molar-refractivity contribution in [2.45, 2.75) is 13.8 Å². The van der Waals surface area contributed by atoms with Crippen LogP contribution in [0.1, 0.15) is 19.4 Å². The van der Waals surface area contributed by atoms with Gasteiger partial charge in [0.25, 0.3) is 0 Å². The minimum absolute atomic E-state index is 0.567. The summed E-state index contributed by atoms with van der Waals surface area (Å²) in [5.74, 6) is 0.567. The van der Waals surface area contributed by atoms with Crippen LogP contribution in [-0.4, -0.2) is 0 Å². The summed E-state index contributed by atoms with van der Waals surface area (Å²) in [7, 11) is 0. The van der Waals surface area contributed by atoms with Crippen LogP contribution in [0, 0.1) is 5.92 Å². The van der Waals surface area contributed by atoms with Gasteiger partial charge in [0.05, 0.1) is 0 Å². The Kier molecular flexibility index (Phi) is 4.01. The molecular weight excluding hydrogens is 247 g/mol. The topological polar surface area (TPSA) is 0 Å². The predicted molar refractivity (Wildman–Crippen MR) is 63.0 cm³/mol. The van der Waals surface area contributed by atoms with E-state index in [1.165, 1.54) is 0 Å². The fourth-order valence-electron chi connectivity index (χ4n) is 0.975. The van der Waals surface area contributed by atoms with Gasteiger partial charge in [0.1, 0.15) is 0 Å². The number of allylic oxidation sites excluding steroid dienone is 1. The Balaban J connectivity index is 2.89. The molecule has 0 nitrogen and oxygen atoms in total. The molecule has 0 aliphatic rings. The van der Waals surface area contributed by atoms with Crippen molar-refractivity contribution in [2.75, 3.05) is 0 Å². The van der Waals surface area contributed by atoms with Crippen molar-refractivity contribution in [3.05, 3.63) is 39.3 Å². The van der Waals surface area contributed by atoms with E-state index in [9.17, 15) is 0 Å². The molecule has 2 heteroatoms. The maximum absolute atomic E-state index is 5.90. The Bertz CT molecular complexity index is 296. The standard InChI is InChI=1S/C11H12BrCl/c1-8(2)3-4-9-5-10(12)7-11(13)6-9/h3-8H,1-2H3/b4-3+. The SMILES string of the molecule is CC(C)/C=C/c1cc(Cl)cc(Br)c1. The van der Waals surface area contributed by atoms with E-state index < -0.39 is 0 Å². The van der Waals surface area contributed by atoms with Crippen molar-refractivity contribution in [1.29, 1.82) is 0 Å². The van der Waals surface area contributed by atoms with Crippen molar-refractivity contribution in [1.82, 2.24) is 0 Å². The quantitative estimate of drug-likeness (QED) is 0.717. The van der Waals surface area contributed by atoms with Gasteiger partial charge in [-0.05, 0) is 29.7 Å². The maximum atomic E-state index is 5.90. The molecule has 0 unspecified atom stereocenters. The first-order valence-corrected chi connectivity index (χ1v) is 5.39. The molecular formula is C11H12BrCl. The van der Waals surface area contributed by atoms with Gasteiger partial charge in [0, 0.05) is 9.50 Å². The largest absolute Gasteiger partial charge is 0.0843 e. The lowest BCUT2D eigenvalue weighted by Gasteiger charge is -1.98. The Labute approximate surface area is 92.7 Å². The second kappa shape index (κ2) is 4.83. The van der Waals surface area contributed by atoms with Gasteiger partial charge in [-0.2, -0.15) is 0 Å². The summed E-state index contributed by atoms with van der Waals surface area (Å²) >= 11 is 9.30. The summed E-state index contributed by atoms with van der Waals surface area (Å²) < 4.78 is 1.02. The van der Waals surface area contributed by atoms with Crippen LogP contribution in [0.3, 0.4) is 0 Å². The monoisotopic (exact) mass is 258 g/mol. The van der Waals surface area contributed by atoms with E-state index in [1.54, 1.807) is 0 Å². The van der Waals surface area contributed by atoms with Crippen molar-refractivity contribution < 1.29 is 0 Å². The smallest absolute Gasteiger partial charge is 0.0423 e. The summed E-state index contributed by atoms with van der Waals surface area (Å²) in [6.45, 7) is 4.30. The number of rotatable bonds is 2. The van der Waals surface area contributed by atoms with E-state index >= 15 is 0 Å². The highest BCUT2D eigenvalue weighted by atomic mass is 79.9. The molecule has 1 rings (SSSR count). The molecule has 0 atom stereocenters. The molecule has 0 heterocycles. The molecule has 1 aromatic rings. The molecule has 0 saturated carbocycles. The van der Waals surface area contributed by atoms with E-state index in [1.807, 2.05) is 18.2 Å². The van der Waals surface area contributed by atoms with Crippen LogP contribution >= 0.6 is 27.5 Å². The molecule has 0 fully saturated rings. The fourth-order valence-corrected chi connectivity index (χ4v) is 1.86. The van der Waals surface area contributed by atoms with E-state index in [4.69, 9.17) is 11.6 Å². The summed E-state index contributed by atoms with van der Waals surface area (Å²) in [5.41, 5.74) is 1.13. The molecule has 0 amide bonds. The van der Waals surface area contributed by atoms with E-state index in [0.29, 0.717) is 5.92 Å². The summed E-state index contributed by atoms with van der Waals surface area (Å²) in [6.07, 6.45) is 4.24. The molecule has 0 aliphatic heterocycles. The highest BCUT2D eigenvalue weighted by molar-refractivity contribution is 9.10. The van der Waals surface area contributed by atoms with E-state index in [-0.39, 0.29) is 0 Å². The molecule has 0 bridgehead atoms. The zero-order chi connectivity index (χ0) is 9.84. The number of hydrogen-bond acceptors (Lipinski definition) is 0. The second-order valence-corrected chi connectivity index (χ2v) is 4.66. The molecule has 0 saturated heterocycles. The van der Waals surface area contributed by atoms with Crippen molar-refractivity contribution in [2.24, 2.45) is 5.92 Å². The van der Waals surface area contributed by atoms with Gasteiger partial charge in [0.15, 0.2) is 0 Å². The molecule has 0 spiro atoms. The Morgan fingerprint density at radius 3 is 2.54 bits per heavy atom. The highest BCUT2D eigenvalue weighted by Crippen LogP contribution is 2.20. The highest BCUT2D eigenvalue weighted by Gasteiger charge is 1.94. The summed E-state index contributed by atoms with van der Waals surface area (Å²) in [4.78, 5) is 0. The molecule has 13 heavy (non-hydrogen) atoms. The van der Waals surface area contributed by atoms with Gasteiger partial charge in [-0.1, -0.05) is 53.5 Å². The van der Waals surface area contributed by atoms with Crippen LogP contribution in [0.15, 0.2) is 28.7 Å². The first kappa shape index (κ1) is 10.8. The van der Waals surface area contributed by atoms with Crippen molar-refractivity contribution in [3.8, 4) is 0 Å². The first-order chi connectivity index (χ1) is 6.08. The van der Waals surface area contributed by atoms with Crippen LogP contribution in [0.5, 0.6) is 0 Å². The van der Waals surface area contributed by atoms with Gasteiger partial charge >= 0.3 is 0 Å². The number of benzene rings is 1. The fraction of sp³-hybridized carbons (Fsp3) is 0.273. The van der Waals surface area contributed by atoms with E-state index in [0.717, 1.165) is 15.1 Å². The third-order valence-corrected chi connectivity index (χ3v) is 2.23. The Morgan fingerprint density at radius 2 is 2.00 bits per heavy atom. The average Bonchev–Trinajstić information content (AvgIpc) is 1.99. The van der Waals surface area contributed by atoms with Gasteiger partial charge in [-0.3, -0.25) is 0 Å². The molecule has 0 aliphatic carbocycles. The molecule has 0 radical (unpaired) electrons. The van der Waals surface area contributed by atoms with Crippen molar-refractivity contribution >= 4 is 33.6 Å². The molecule has 1 aromatic carbocycles. The lowest BCUT2D eigenvalue weighted by atomic mass is 10.1. The van der Waals surface area contributed by atoms with Gasteiger partial charge in [-0.25, -0.2) is 0 Å². The summed E-state index contributed by atoms with van der Waals surface area (Å²) in [5, 5.41) is 0.762. The number of halogens is 2. The third kappa shape index (κ3) is 3.97. The van der Waals surface area contributed by atoms with E-state index in [2.05, 4.69) is 41.9 Å². The molecule has 70 valence electrons. The number of hydrogen-bond donors (Lipinski definition) is 0. The minimum atomic E-state index is 0.567. The molecule has 0 aromatic heterocycles. The Hall–Kier alpha value is -0.270. The average molecular weight is 260 g/mol. The summed E-state index contributed by atoms with van der Waals surface area (Å²) in [6, 6.07) is 5.88. The van der Waals surface area contributed by atoms with Gasteiger partial charge in [-0.15, -0.1) is 0 Å². The Morgan fingerprint density at radius 1 is 1.31 bits per heavy atom.